The Morgan fingerprint density at radius 2 is 1.62 bits per heavy atom. The molecule has 8 heteroatoms. The van der Waals surface area contributed by atoms with Gasteiger partial charge in [0.1, 0.15) is 23.3 Å². The van der Waals surface area contributed by atoms with Gasteiger partial charge in [0, 0.05) is 12.1 Å². The number of rotatable bonds is 9. The molecule has 8 nitrogen and oxygen atoms in total. The summed E-state index contributed by atoms with van der Waals surface area (Å²) in [5.74, 6) is 1.65. The average molecular weight is 503 g/mol. The number of ether oxygens (including phenoxy) is 5. The van der Waals surface area contributed by atoms with Crippen LogP contribution in [-0.4, -0.2) is 27.3 Å². The molecular weight excluding hydrogens is 476 g/mol. The second kappa shape index (κ2) is 11.3. The normalized spacial score (nSPS) is 10.9. The van der Waals surface area contributed by atoms with E-state index in [2.05, 4.69) is 0 Å². The van der Waals surface area contributed by atoms with Gasteiger partial charge in [-0.15, -0.1) is 0 Å². The van der Waals surface area contributed by atoms with E-state index in [-0.39, 0.29) is 22.5 Å². The highest BCUT2D eigenvalue weighted by atomic mass is 16.5. The van der Waals surface area contributed by atoms with Gasteiger partial charge in [-0.25, -0.2) is 4.79 Å². The summed E-state index contributed by atoms with van der Waals surface area (Å²) in [7, 11) is 4.53. The van der Waals surface area contributed by atoms with E-state index in [9.17, 15) is 9.59 Å². The summed E-state index contributed by atoms with van der Waals surface area (Å²) in [6.07, 6.45) is 4.85. The summed E-state index contributed by atoms with van der Waals surface area (Å²) in [5.41, 5.74) is 1.56. The lowest BCUT2D eigenvalue weighted by Crippen LogP contribution is -2.07. The molecule has 1 heterocycles. The van der Waals surface area contributed by atoms with Crippen LogP contribution >= 0.6 is 0 Å². The van der Waals surface area contributed by atoms with E-state index in [0.29, 0.717) is 33.9 Å². The molecule has 4 aromatic rings. The number of methoxy groups -OCH3 is 3. The predicted molar refractivity (Wildman–Crippen MR) is 139 cm³/mol. The fourth-order valence-electron chi connectivity index (χ4n) is 3.75. The lowest BCUT2D eigenvalue weighted by molar-refractivity contribution is -0.128. The minimum Gasteiger partial charge on any atom is -0.493 e. The lowest BCUT2D eigenvalue weighted by Gasteiger charge is -2.12. The number of carbonyl (C=O) groups excluding carboxylic acids is 1. The van der Waals surface area contributed by atoms with Crippen molar-refractivity contribution in [3.8, 4) is 34.5 Å². The Kier molecular flexibility index (Phi) is 7.78. The molecule has 0 N–H and O–H groups in total. The molecule has 0 radical (unpaired) electrons. The Morgan fingerprint density at radius 1 is 0.892 bits per heavy atom. The number of benzene rings is 3. The van der Waals surface area contributed by atoms with E-state index < -0.39 is 5.97 Å². The first kappa shape index (κ1) is 25.4. The maximum Gasteiger partial charge on any atom is 0.336 e. The van der Waals surface area contributed by atoms with Crippen molar-refractivity contribution in [2.24, 2.45) is 0 Å². The third-order valence-electron chi connectivity index (χ3n) is 5.61. The number of carbonyl (C=O) groups is 1. The number of esters is 1. The number of hydrogen-bond acceptors (Lipinski definition) is 8. The highest BCUT2D eigenvalue weighted by molar-refractivity contribution is 5.89. The molecule has 0 atom stereocenters. The molecule has 0 amide bonds. The zero-order valence-electron chi connectivity index (χ0n) is 20.9. The summed E-state index contributed by atoms with van der Waals surface area (Å²) in [6.45, 7) is 2.01. The summed E-state index contributed by atoms with van der Waals surface area (Å²) < 4.78 is 32.8. The molecule has 37 heavy (non-hydrogen) atoms. The fraction of sp³-hybridized carbons (Fsp3) is 0.172. The quantitative estimate of drug-likeness (QED) is 0.161. The molecule has 0 spiro atoms. The van der Waals surface area contributed by atoms with Gasteiger partial charge in [0.2, 0.25) is 16.9 Å². The van der Waals surface area contributed by atoms with E-state index >= 15 is 0 Å². The first-order valence-electron chi connectivity index (χ1n) is 11.5. The zero-order valence-corrected chi connectivity index (χ0v) is 20.9. The van der Waals surface area contributed by atoms with Gasteiger partial charge < -0.3 is 28.1 Å². The molecule has 0 bridgehead atoms. The van der Waals surface area contributed by atoms with Crippen molar-refractivity contribution in [2.75, 3.05) is 21.3 Å². The van der Waals surface area contributed by atoms with Gasteiger partial charge in [-0.05, 0) is 54.0 Å². The molecule has 190 valence electrons. The van der Waals surface area contributed by atoms with E-state index in [1.165, 1.54) is 51.9 Å². The Balaban J connectivity index is 1.51. The predicted octanol–water partition coefficient (Wildman–Crippen LogP) is 5.79. The average Bonchev–Trinajstić information content (AvgIpc) is 2.93. The Bertz CT molecular complexity index is 1490. The Morgan fingerprint density at radius 3 is 2.30 bits per heavy atom. The van der Waals surface area contributed by atoms with Crippen LogP contribution in [0.2, 0.25) is 0 Å². The minimum atomic E-state index is -0.619. The number of fused-ring (bicyclic) bond motifs is 1. The molecule has 3 aromatic carbocycles. The molecule has 0 aliphatic carbocycles. The molecule has 0 unspecified atom stereocenters. The number of aryl methyl sites for hydroxylation is 1. The summed E-state index contributed by atoms with van der Waals surface area (Å²) in [4.78, 5) is 25.4. The lowest BCUT2D eigenvalue weighted by atomic mass is 10.1. The van der Waals surface area contributed by atoms with Gasteiger partial charge in [0.25, 0.3) is 0 Å². The summed E-state index contributed by atoms with van der Waals surface area (Å²) >= 11 is 0. The maximum absolute atomic E-state index is 12.9. The summed E-state index contributed by atoms with van der Waals surface area (Å²) in [6, 6.07) is 15.4. The second-order valence-corrected chi connectivity index (χ2v) is 7.86. The zero-order chi connectivity index (χ0) is 26.4. The molecule has 0 aliphatic heterocycles. The van der Waals surface area contributed by atoms with Crippen molar-refractivity contribution in [2.45, 2.75) is 13.3 Å². The van der Waals surface area contributed by atoms with Crippen LogP contribution in [0.1, 0.15) is 18.1 Å². The van der Waals surface area contributed by atoms with Crippen molar-refractivity contribution in [1.29, 1.82) is 0 Å². The van der Waals surface area contributed by atoms with E-state index in [0.717, 1.165) is 12.0 Å². The molecule has 0 aliphatic rings. The van der Waals surface area contributed by atoms with Crippen LogP contribution in [0.4, 0.5) is 0 Å². The smallest absolute Gasteiger partial charge is 0.336 e. The topological polar surface area (TPSA) is 93.4 Å². The molecule has 0 fully saturated rings. The van der Waals surface area contributed by atoms with Crippen molar-refractivity contribution in [1.82, 2.24) is 0 Å². The van der Waals surface area contributed by atoms with Gasteiger partial charge in [0.15, 0.2) is 11.5 Å². The van der Waals surface area contributed by atoms with Gasteiger partial charge in [0.05, 0.1) is 26.7 Å². The van der Waals surface area contributed by atoms with Crippen molar-refractivity contribution in [3.05, 3.63) is 88.3 Å². The maximum atomic E-state index is 12.9. The number of para-hydroxylation sites is 1. The van der Waals surface area contributed by atoms with Gasteiger partial charge >= 0.3 is 5.97 Å². The first-order chi connectivity index (χ1) is 18.0. The Labute approximate surface area is 213 Å². The largest absolute Gasteiger partial charge is 0.493 e. The SMILES string of the molecule is CCc1ccccc1Oc1coc2cc(OC(=O)/C=C/c3cc(OC)c(OC)c(OC)c3)ccc2c1=O. The highest BCUT2D eigenvalue weighted by Gasteiger charge is 2.14. The molecule has 1 aromatic heterocycles. The van der Waals surface area contributed by atoms with Crippen LogP contribution in [0.5, 0.6) is 34.5 Å². The fourth-order valence-corrected chi connectivity index (χ4v) is 3.75. The van der Waals surface area contributed by atoms with Crippen LogP contribution in [0, 0.1) is 0 Å². The van der Waals surface area contributed by atoms with E-state index in [1.807, 2.05) is 25.1 Å². The van der Waals surface area contributed by atoms with E-state index in [1.54, 1.807) is 24.3 Å². The molecule has 0 saturated carbocycles. The summed E-state index contributed by atoms with van der Waals surface area (Å²) in [5, 5.41) is 0.305. The van der Waals surface area contributed by atoms with E-state index in [4.69, 9.17) is 28.1 Å². The first-order valence-corrected chi connectivity index (χ1v) is 11.5. The van der Waals surface area contributed by atoms with Crippen molar-refractivity contribution >= 4 is 23.0 Å². The number of hydrogen-bond donors (Lipinski definition) is 0. The van der Waals surface area contributed by atoms with Gasteiger partial charge in [-0.2, -0.15) is 0 Å². The van der Waals surface area contributed by atoms with Crippen molar-refractivity contribution < 1.29 is 32.9 Å². The van der Waals surface area contributed by atoms with Gasteiger partial charge in [-0.3, -0.25) is 4.79 Å². The third kappa shape index (κ3) is 5.59. The van der Waals surface area contributed by atoms with Crippen molar-refractivity contribution in [3.63, 3.8) is 0 Å². The van der Waals surface area contributed by atoms with Crippen LogP contribution in [-0.2, 0) is 11.2 Å². The van der Waals surface area contributed by atoms with Crippen LogP contribution in [0.3, 0.4) is 0 Å². The van der Waals surface area contributed by atoms with Crippen LogP contribution < -0.4 is 29.1 Å². The monoisotopic (exact) mass is 502 g/mol. The van der Waals surface area contributed by atoms with Crippen LogP contribution in [0.25, 0.3) is 17.0 Å². The van der Waals surface area contributed by atoms with Crippen LogP contribution in [0.15, 0.2) is 76.1 Å². The highest BCUT2D eigenvalue weighted by Crippen LogP contribution is 2.38. The Hall–Kier alpha value is -4.72. The minimum absolute atomic E-state index is 0.0754. The molecule has 4 rings (SSSR count). The molecular formula is C29H26O8. The third-order valence-corrected chi connectivity index (χ3v) is 5.61. The second-order valence-electron chi connectivity index (χ2n) is 7.86. The van der Waals surface area contributed by atoms with Gasteiger partial charge in [-0.1, -0.05) is 25.1 Å². The molecule has 0 saturated heterocycles. The standard InChI is InChI=1S/C29H26O8/c1-5-19-8-6-7-9-22(19)37-26-17-35-23-16-20(11-12-21(23)28(26)31)36-27(30)13-10-18-14-24(32-2)29(34-4)25(15-18)33-3/h6-17H,5H2,1-4H3/b13-10+.